The molecule has 2 aromatic heterocycles. The van der Waals surface area contributed by atoms with E-state index in [0.717, 1.165) is 37.0 Å². The first-order valence-electron chi connectivity index (χ1n) is 10.8. The van der Waals surface area contributed by atoms with Gasteiger partial charge in [-0.1, -0.05) is 6.92 Å². The lowest BCUT2D eigenvalue weighted by Gasteiger charge is -2.32. The van der Waals surface area contributed by atoms with Gasteiger partial charge in [0.05, 0.1) is 5.56 Å². The highest BCUT2D eigenvalue weighted by molar-refractivity contribution is 5.96. The summed E-state index contributed by atoms with van der Waals surface area (Å²) >= 11 is 0. The summed E-state index contributed by atoms with van der Waals surface area (Å²) in [6, 6.07) is 4.92. The minimum Gasteiger partial charge on any atom is -0.328 e. The average molecular weight is 457 g/mol. The Kier molecular flexibility index (Phi) is 6.56. The van der Waals surface area contributed by atoms with Crippen LogP contribution in [0.1, 0.15) is 53.7 Å². The molecule has 172 valence electrons. The van der Waals surface area contributed by atoms with Gasteiger partial charge in [0.25, 0.3) is 0 Å². The van der Waals surface area contributed by atoms with Crippen LogP contribution in [0.25, 0.3) is 11.3 Å². The van der Waals surface area contributed by atoms with Gasteiger partial charge in [0.2, 0.25) is 0 Å². The van der Waals surface area contributed by atoms with Gasteiger partial charge in [-0.15, -0.1) is 0 Å². The molecule has 8 heteroatoms. The molecular formula is C25H23F4N3O. The molecule has 1 aliphatic rings. The van der Waals surface area contributed by atoms with Crippen LogP contribution in [-0.2, 0) is 6.42 Å². The fourth-order valence-electron chi connectivity index (χ4n) is 4.70. The summed E-state index contributed by atoms with van der Waals surface area (Å²) in [5.41, 5.74) is 6.23. The number of aromatic nitrogens is 2. The zero-order valence-corrected chi connectivity index (χ0v) is 18.0. The summed E-state index contributed by atoms with van der Waals surface area (Å²) in [5, 5.41) is 0. The maximum atomic E-state index is 14.4. The first-order chi connectivity index (χ1) is 15.7. The number of nitrogens with two attached hydrogens (primary N) is 1. The van der Waals surface area contributed by atoms with Crippen LogP contribution in [0.3, 0.4) is 0 Å². The van der Waals surface area contributed by atoms with Gasteiger partial charge in [0, 0.05) is 37.0 Å². The Morgan fingerprint density at radius 1 is 1.03 bits per heavy atom. The van der Waals surface area contributed by atoms with E-state index in [0.29, 0.717) is 23.6 Å². The molecule has 1 aromatic carbocycles. The normalized spacial score (nSPS) is 20.6. The molecular weight excluding hydrogens is 434 g/mol. The minimum atomic E-state index is -1.30. The maximum absolute atomic E-state index is 14.4. The molecule has 4 rings (SSSR count). The van der Waals surface area contributed by atoms with Gasteiger partial charge in [-0.05, 0) is 60.4 Å². The van der Waals surface area contributed by atoms with Crippen molar-refractivity contribution in [1.29, 1.82) is 0 Å². The third kappa shape index (κ3) is 4.95. The van der Waals surface area contributed by atoms with Crippen LogP contribution in [-0.4, -0.2) is 21.8 Å². The van der Waals surface area contributed by atoms with Crippen molar-refractivity contribution >= 4 is 5.78 Å². The number of benzene rings is 1. The molecule has 0 unspecified atom stereocenters. The number of pyridine rings is 2. The SMILES string of the molecule is C[C@@H]1C[C@H](N)C[C@H](c2ccncc2CC(=O)c2ccc(F)c(-c3c(F)cc(F)cc3F)n2)C1. The molecule has 0 spiro atoms. The maximum Gasteiger partial charge on any atom is 0.185 e. The van der Waals surface area contributed by atoms with E-state index in [1.165, 1.54) is 0 Å². The van der Waals surface area contributed by atoms with E-state index in [-0.39, 0.29) is 24.1 Å². The number of ketones is 1. The molecule has 1 aliphatic carbocycles. The summed E-state index contributed by atoms with van der Waals surface area (Å²) in [5.74, 6) is -4.58. The molecule has 2 N–H and O–H groups in total. The molecule has 0 bridgehead atoms. The van der Waals surface area contributed by atoms with Crippen LogP contribution in [0, 0.1) is 29.2 Å². The van der Waals surface area contributed by atoms with E-state index < -0.39 is 40.3 Å². The summed E-state index contributed by atoms with van der Waals surface area (Å²) < 4.78 is 56.0. The van der Waals surface area contributed by atoms with Crippen molar-refractivity contribution in [2.24, 2.45) is 11.7 Å². The molecule has 1 fully saturated rings. The van der Waals surface area contributed by atoms with Crippen LogP contribution in [0.15, 0.2) is 42.7 Å². The highest BCUT2D eigenvalue weighted by Crippen LogP contribution is 2.37. The molecule has 3 atom stereocenters. The molecule has 1 saturated carbocycles. The third-order valence-electron chi connectivity index (χ3n) is 6.09. The van der Waals surface area contributed by atoms with Crippen molar-refractivity contribution in [3.63, 3.8) is 0 Å². The quantitative estimate of drug-likeness (QED) is 0.414. The number of halogens is 4. The molecule has 2 heterocycles. The van der Waals surface area contributed by atoms with Crippen LogP contribution >= 0.6 is 0 Å². The lowest BCUT2D eigenvalue weighted by Crippen LogP contribution is -2.31. The number of carbonyl (C=O) groups excluding carboxylic acids is 1. The molecule has 33 heavy (non-hydrogen) atoms. The second kappa shape index (κ2) is 9.39. The van der Waals surface area contributed by atoms with Gasteiger partial charge < -0.3 is 5.73 Å². The molecule has 0 amide bonds. The number of carbonyl (C=O) groups is 1. The second-order valence-electron chi connectivity index (χ2n) is 8.72. The summed E-state index contributed by atoms with van der Waals surface area (Å²) in [6.07, 6.45) is 5.92. The molecule has 4 nitrogen and oxygen atoms in total. The lowest BCUT2D eigenvalue weighted by atomic mass is 9.75. The Balaban J connectivity index is 1.64. The van der Waals surface area contributed by atoms with E-state index in [9.17, 15) is 22.4 Å². The Morgan fingerprint density at radius 2 is 1.76 bits per heavy atom. The second-order valence-corrected chi connectivity index (χ2v) is 8.72. The largest absolute Gasteiger partial charge is 0.328 e. The topological polar surface area (TPSA) is 68.9 Å². The van der Waals surface area contributed by atoms with Gasteiger partial charge in [0.15, 0.2) is 5.78 Å². The van der Waals surface area contributed by atoms with E-state index in [2.05, 4.69) is 16.9 Å². The van der Waals surface area contributed by atoms with E-state index in [1.54, 1.807) is 12.4 Å². The third-order valence-corrected chi connectivity index (χ3v) is 6.09. The highest BCUT2D eigenvalue weighted by atomic mass is 19.1. The smallest absolute Gasteiger partial charge is 0.185 e. The Labute approximate surface area is 188 Å². The van der Waals surface area contributed by atoms with Crippen LogP contribution in [0.2, 0.25) is 0 Å². The van der Waals surface area contributed by atoms with Gasteiger partial charge in [-0.3, -0.25) is 9.78 Å². The Morgan fingerprint density at radius 3 is 2.45 bits per heavy atom. The van der Waals surface area contributed by atoms with E-state index in [4.69, 9.17) is 5.73 Å². The van der Waals surface area contributed by atoms with Gasteiger partial charge in [-0.2, -0.15) is 0 Å². The zero-order chi connectivity index (χ0) is 23.7. The van der Waals surface area contributed by atoms with Crippen molar-refractivity contribution in [3.8, 4) is 11.3 Å². The first kappa shape index (κ1) is 23.0. The lowest BCUT2D eigenvalue weighted by molar-refractivity contribution is 0.0987. The Bertz CT molecular complexity index is 1170. The number of rotatable bonds is 5. The molecule has 0 aliphatic heterocycles. The number of hydrogen-bond acceptors (Lipinski definition) is 4. The predicted octanol–water partition coefficient (Wildman–Crippen LogP) is 5.36. The van der Waals surface area contributed by atoms with E-state index in [1.807, 2.05) is 6.07 Å². The molecule has 0 saturated heterocycles. The Hall–Kier alpha value is -3.13. The summed E-state index contributed by atoms with van der Waals surface area (Å²) in [7, 11) is 0. The van der Waals surface area contributed by atoms with Crippen molar-refractivity contribution in [2.75, 3.05) is 0 Å². The van der Waals surface area contributed by atoms with Gasteiger partial charge in [0.1, 0.15) is 34.7 Å². The highest BCUT2D eigenvalue weighted by Gasteiger charge is 2.28. The molecule has 0 radical (unpaired) electrons. The molecule has 3 aromatic rings. The monoisotopic (exact) mass is 457 g/mol. The van der Waals surface area contributed by atoms with Gasteiger partial charge in [-0.25, -0.2) is 22.5 Å². The number of hydrogen-bond donors (Lipinski definition) is 1. The van der Waals surface area contributed by atoms with Crippen LogP contribution in [0.4, 0.5) is 17.6 Å². The number of nitrogens with zero attached hydrogens (tertiary/aromatic N) is 2. The van der Waals surface area contributed by atoms with Gasteiger partial charge >= 0.3 is 0 Å². The van der Waals surface area contributed by atoms with Crippen molar-refractivity contribution in [2.45, 2.75) is 44.6 Å². The minimum absolute atomic E-state index is 0.0598. The summed E-state index contributed by atoms with van der Waals surface area (Å²) in [6.45, 7) is 2.15. The van der Waals surface area contributed by atoms with Crippen molar-refractivity contribution < 1.29 is 22.4 Å². The fraction of sp³-hybridized carbons (Fsp3) is 0.320. The van der Waals surface area contributed by atoms with Crippen LogP contribution in [0.5, 0.6) is 0 Å². The van der Waals surface area contributed by atoms with Crippen LogP contribution < -0.4 is 5.73 Å². The van der Waals surface area contributed by atoms with E-state index >= 15 is 0 Å². The average Bonchev–Trinajstić information content (AvgIpc) is 2.74. The summed E-state index contributed by atoms with van der Waals surface area (Å²) in [4.78, 5) is 21.0. The standard InChI is InChI=1S/C25H23F4N3O/c1-13-6-14(8-17(30)7-13)18-4-5-31-12-15(18)9-23(33)22-3-2-19(27)25(32-22)24-20(28)10-16(26)11-21(24)29/h2-5,10-14,17H,6-9,30H2,1H3/t13-,14+,17-/m0/s1. The fourth-order valence-corrected chi connectivity index (χ4v) is 4.70. The predicted molar refractivity (Wildman–Crippen MR) is 116 cm³/mol. The van der Waals surface area contributed by atoms with Crippen molar-refractivity contribution in [3.05, 3.63) is 82.8 Å². The zero-order valence-electron chi connectivity index (χ0n) is 18.0. The van der Waals surface area contributed by atoms with Crippen molar-refractivity contribution in [1.82, 2.24) is 9.97 Å². The number of Topliss-reactive ketones (excluding diaryl/α,β-unsaturated/α-hetero) is 1. The first-order valence-corrected chi connectivity index (χ1v) is 10.8.